The van der Waals surface area contributed by atoms with Crippen LogP contribution in [-0.2, 0) is 6.42 Å². The lowest BCUT2D eigenvalue weighted by Gasteiger charge is -2.04. The number of rotatable bonds is 3. The Morgan fingerprint density at radius 3 is 2.06 bits per heavy atom. The maximum Gasteiger partial charge on any atom is 0.167 e. The van der Waals surface area contributed by atoms with Gasteiger partial charge in [0.15, 0.2) is 5.78 Å². The second-order valence-corrected chi connectivity index (χ2v) is 3.67. The third-order valence-electron chi connectivity index (χ3n) is 2.49. The minimum atomic E-state index is -0.686. The van der Waals surface area contributed by atoms with Crippen molar-refractivity contribution < 1.29 is 13.6 Å². The second kappa shape index (κ2) is 4.87. The summed E-state index contributed by atoms with van der Waals surface area (Å²) in [6.07, 6.45) is -0.261. The molecule has 0 saturated heterocycles. The minimum Gasteiger partial charge on any atom is -0.294 e. The molecule has 0 aromatic heterocycles. The number of halogens is 2. The van der Waals surface area contributed by atoms with Crippen LogP contribution in [0, 0.1) is 11.6 Å². The lowest BCUT2D eigenvalue weighted by Crippen LogP contribution is -2.07. The molecule has 3 heteroatoms. The van der Waals surface area contributed by atoms with E-state index in [2.05, 4.69) is 0 Å². The van der Waals surface area contributed by atoms with E-state index in [1.807, 2.05) is 0 Å². The van der Waals surface area contributed by atoms with E-state index >= 15 is 0 Å². The van der Waals surface area contributed by atoms with Crippen LogP contribution in [0.25, 0.3) is 0 Å². The fraction of sp³-hybridized carbons (Fsp3) is 0.0714. The maximum absolute atomic E-state index is 13.3. The first-order valence-electron chi connectivity index (χ1n) is 5.19. The zero-order chi connectivity index (χ0) is 12.3. The molecule has 0 atom stereocenters. The molecule has 0 aliphatic carbocycles. The van der Waals surface area contributed by atoms with Crippen LogP contribution in [-0.4, -0.2) is 5.78 Å². The Morgan fingerprint density at radius 1 is 0.882 bits per heavy atom. The largest absolute Gasteiger partial charge is 0.294 e. The molecule has 2 rings (SSSR count). The van der Waals surface area contributed by atoms with E-state index in [1.54, 1.807) is 30.3 Å². The van der Waals surface area contributed by atoms with Crippen LogP contribution < -0.4 is 0 Å². The van der Waals surface area contributed by atoms with E-state index in [9.17, 15) is 13.6 Å². The van der Waals surface area contributed by atoms with Crippen molar-refractivity contribution in [2.75, 3.05) is 0 Å². The van der Waals surface area contributed by atoms with Gasteiger partial charge in [-0.2, -0.15) is 0 Å². The van der Waals surface area contributed by atoms with Gasteiger partial charge in [-0.05, 0) is 12.1 Å². The van der Waals surface area contributed by atoms with E-state index < -0.39 is 11.6 Å². The van der Waals surface area contributed by atoms with Crippen LogP contribution in [0.1, 0.15) is 15.9 Å². The molecule has 0 spiro atoms. The molecule has 0 amide bonds. The van der Waals surface area contributed by atoms with Gasteiger partial charge in [-0.25, -0.2) is 8.78 Å². The monoisotopic (exact) mass is 232 g/mol. The molecule has 0 aliphatic heterocycles. The summed E-state index contributed by atoms with van der Waals surface area (Å²) in [6, 6.07) is 12.0. The molecule has 0 heterocycles. The Kier molecular flexibility index (Phi) is 3.28. The predicted octanol–water partition coefficient (Wildman–Crippen LogP) is 3.39. The Labute approximate surface area is 97.7 Å². The van der Waals surface area contributed by atoms with Crippen molar-refractivity contribution in [3.8, 4) is 0 Å². The zero-order valence-electron chi connectivity index (χ0n) is 8.99. The van der Waals surface area contributed by atoms with Crippen molar-refractivity contribution in [2.24, 2.45) is 0 Å². The molecule has 17 heavy (non-hydrogen) atoms. The zero-order valence-corrected chi connectivity index (χ0v) is 8.99. The topological polar surface area (TPSA) is 17.1 Å². The maximum atomic E-state index is 13.3. The lowest BCUT2D eigenvalue weighted by atomic mass is 10.0. The van der Waals surface area contributed by atoms with Crippen molar-refractivity contribution >= 4 is 5.78 Å². The molecule has 2 aromatic carbocycles. The molecular weight excluding hydrogens is 222 g/mol. The first kappa shape index (κ1) is 11.5. The van der Waals surface area contributed by atoms with Crippen LogP contribution >= 0.6 is 0 Å². The Bertz CT molecular complexity index is 515. The SMILES string of the molecule is O=C(Cc1c(F)cccc1F)c1ccccc1. The van der Waals surface area contributed by atoms with Crippen molar-refractivity contribution in [3.05, 3.63) is 71.3 Å². The Balaban J connectivity index is 2.25. The average Bonchev–Trinajstić information content (AvgIpc) is 2.35. The summed E-state index contributed by atoms with van der Waals surface area (Å²) in [6.45, 7) is 0. The van der Waals surface area contributed by atoms with Crippen molar-refractivity contribution in [3.63, 3.8) is 0 Å². The van der Waals surface area contributed by atoms with Crippen molar-refractivity contribution in [1.82, 2.24) is 0 Å². The first-order chi connectivity index (χ1) is 8.18. The van der Waals surface area contributed by atoms with Crippen molar-refractivity contribution in [2.45, 2.75) is 6.42 Å². The lowest BCUT2D eigenvalue weighted by molar-refractivity contribution is 0.0990. The summed E-state index contributed by atoms with van der Waals surface area (Å²) in [4.78, 5) is 11.8. The van der Waals surface area contributed by atoms with Gasteiger partial charge < -0.3 is 0 Å². The molecule has 0 bridgehead atoms. The fourth-order valence-electron chi connectivity index (χ4n) is 1.59. The summed E-state index contributed by atoms with van der Waals surface area (Å²) in [5.74, 6) is -1.67. The van der Waals surface area contributed by atoms with Crippen LogP contribution in [0.3, 0.4) is 0 Å². The summed E-state index contributed by atoms with van der Waals surface area (Å²) in [5, 5.41) is 0. The highest BCUT2D eigenvalue weighted by Gasteiger charge is 2.13. The third-order valence-corrected chi connectivity index (χ3v) is 2.49. The summed E-state index contributed by atoms with van der Waals surface area (Å²) >= 11 is 0. The van der Waals surface area contributed by atoms with Crippen LogP contribution in [0.2, 0.25) is 0 Å². The van der Waals surface area contributed by atoms with Gasteiger partial charge >= 0.3 is 0 Å². The van der Waals surface area contributed by atoms with E-state index in [4.69, 9.17) is 0 Å². The van der Waals surface area contributed by atoms with E-state index in [0.717, 1.165) is 12.1 Å². The number of Topliss-reactive ketones (excluding diaryl/α,β-unsaturated/α-hetero) is 1. The quantitative estimate of drug-likeness (QED) is 0.741. The number of hydrogen-bond acceptors (Lipinski definition) is 1. The molecule has 0 saturated carbocycles. The summed E-state index contributed by atoms with van der Waals surface area (Å²) in [5.41, 5.74) is 0.275. The van der Waals surface area contributed by atoms with Gasteiger partial charge in [-0.1, -0.05) is 36.4 Å². The number of benzene rings is 2. The fourth-order valence-corrected chi connectivity index (χ4v) is 1.59. The van der Waals surface area contributed by atoms with Gasteiger partial charge in [-0.15, -0.1) is 0 Å². The number of hydrogen-bond donors (Lipinski definition) is 0. The second-order valence-electron chi connectivity index (χ2n) is 3.67. The van der Waals surface area contributed by atoms with Gasteiger partial charge in [0.05, 0.1) is 0 Å². The normalized spacial score (nSPS) is 10.2. The molecule has 86 valence electrons. The van der Waals surface area contributed by atoms with Gasteiger partial charge in [-0.3, -0.25) is 4.79 Å². The van der Waals surface area contributed by atoms with Gasteiger partial charge in [0.25, 0.3) is 0 Å². The van der Waals surface area contributed by atoms with Crippen molar-refractivity contribution in [1.29, 1.82) is 0 Å². The number of carbonyl (C=O) groups excluding carboxylic acids is 1. The molecule has 0 unspecified atom stereocenters. The standard InChI is InChI=1S/C14H10F2O/c15-12-7-4-8-13(16)11(12)9-14(17)10-5-2-1-3-6-10/h1-8H,9H2. The highest BCUT2D eigenvalue weighted by atomic mass is 19.1. The highest BCUT2D eigenvalue weighted by molar-refractivity contribution is 5.97. The first-order valence-corrected chi connectivity index (χ1v) is 5.19. The number of ketones is 1. The Morgan fingerprint density at radius 2 is 1.47 bits per heavy atom. The molecule has 1 nitrogen and oxygen atoms in total. The molecular formula is C14H10F2O. The molecule has 0 aliphatic rings. The van der Waals surface area contributed by atoms with Crippen LogP contribution in [0.4, 0.5) is 8.78 Å². The van der Waals surface area contributed by atoms with E-state index in [0.29, 0.717) is 5.56 Å². The van der Waals surface area contributed by atoms with E-state index in [1.165, 1.54) is 6.07 Å². The van der Waals surface area contributed by atoms with Gasteiger partial charge in [0, 0.05) is 17.5 Å². The van der Waals surface area contributed by atoms with E-state index in [-0.39, 0.29) is 17.8 Å². The van der Waals surface area contributed by atoms with Crippen LogP contribution in [0.15, 0.2) is 48.5 Å². The number of carbonyl (C=O) groups is 1. The summed E-state index contributed by atoms with van der Waals surface area (Å²) < 4.78 is 26.7. The van der Waals surface area contributed by atoms with Gasteiger partial charge in [0.2, 0.25) is 0 Å². The highest BCUT2D eigenvalue weighted by Crippen LogP contribution is 2.15. The smallest absolute Gasteiger partial charge is 0.167 e. The predicted molar refractivity (Wildman–Crippen MR) is 60.8 cm³/mol. The van der Waals surface area contributed by atoms with Gasteiger partial charge in [0.1, 0.15) is 11.6 Å². The summed E-state index contributed by atoms with van der Waals surface area (Å²) in [7, 11) is 0. The van der Waals surface area contributed by atoms with Crippen LogP contribution in [0.5, 0.6) is 0 Å². The molecule has 0 radical (unpaired) electrons. The Hall–Kier alpha value is -2.03. The average molecular weight is 232 g/mol. The molecule has 0 N–H and O–H groups in total. The minimum absolute atomic E-state index is 0.179. The molecule has 0 fully saturated rings. The molecule has 2 aromatic rings. The third kappa shape index (κ3) is 2.56.